The number of primary amides is 1. The van der Waals surface area contributed by atoms with Crippen molar-refractivity contribution in [1.82, 2.24) is 0 Å². The number of ether oxygens (including phenoxy) is 1. The summed E-state index contributed by atoms with van der Waals surface area (Å²) in [6.45, 7) is -0.00334. The molecule has 4 N–H and O–H groups in total. The second-order valence-electron chi connectivity index (χ2n) is 4.37. The third kappa shape index (κ3) is 3.48. The molecule has 0 aliphatic carbocycles. The SMILES string of the molecule is N#Cc1cc(F)cc(COc2ccc(N)cc2C(N)=O)c1. The molecule has 0 unspecified atom stereocenters. The molecule has 5 nitrogen and oxygen atoms in total. The fourth-order valence-electron chi connectivity index (χ4n) is 1.83. The third-order valence-corrected chi connectivity index (χ3v) is 2.75. The molecule has 106 valence electrons. The second-order valence-corrected chi connectivity index (χ2v) is 4.37. The zero-order valence-corrected chi connectivity index (χ0v) is 11.0. The van der Waals surface area contributed by atoms with Gasteiger partial charge in [-0.25, -0.2) is 4.39 Å². The lowest BCUT2D eigenvalue weighted by atomic mass is 10.1. The van der Waals surface area contributed by atoms with Crippen LogP contribution in [0.25, 0.3) is 0 Å². The van der Waals surface area contributed by atoms with Gasteiger partial charge in [-0.05, 0) is 42.0 Å². The van der Waals surface area contributed by atoms with E-state index in [9.17, 15) is 9.18 Å². The van der Waals surface area contributed by atoms with Crippen molar-refractivity contribution in [3.05, 3.63) is 58.9 Å². The van der Waals surface area contributed by atoms with Crippen LogP contribution in [-0.2, 0) is 6.61 Å². The monoisotopic (exact) mass is 285 g/mol. The maximum Gasteiger partial charge on any atom is 0.252 e. The van der Waals surface area contributed by atoms with Gasteiger partial charge in [0.25, 0.3) is 5.91 Å². The molecule has 2 aromatic carbocycles. The molecule has 0 spiro atoms. The second kappa shape index (κ2) is 5.92. The van der Waals surface area contributed by atoms with Crippen LogP contribution in [0.15, 0.2) is 36.4 Å². The molecular weight excluding hydrogens is 273 g/mol. The highest BCUT2D eigenvalue weighted by atomic mass is 19.1. The van der Waals surface area contributed by atoms with E-state index in [-0.39, 0.29) is 23.5 Å². The number of nitrogen functional groups attached to an aromatic ring is 1. The van der Waals surface area contributed by atoms with Gasteiger partial charge in [0.2, 0.25) is 0 Å². The number of benzene rings is 2. The summed E-state index contributed by atoms with van der Waals surface area (Å²) in [5.74, 6) is -0.950. The average molecular weight is 285 g/mol. The average Bonchev–Trinajstić information content (AvgIpc) is 2.45. The predicted octanol–water partition coefficient (Wildman–Crippen LogP) is 1.96. The number of anilines is 1. The summed E-state index contributed by atoms with van der Waals surface area (Å²) in [5, 5.41) is 8.79. The van der Waals surface area contributed by atoms with E-state index in [4.69, 9.17) is 21.5 Å². The molecule has 21 heavy (non-hydrogen) atoms. The smallest absolute Gasteiger partial charge is 0.252 e. The first-order chi connectivity index (χ1) is 9.99. The fourth-order valence-corrected chi connectivity index (χ4v) is 1.83. The van der Waals surface area contributed by atoms with E-state index in [0.717, 1.165) is 6.07 Å². The normalized spacial score (nSPS) is 9.90. The van der Waals surface area contributed by atoms with Crippen molar-refractivity contribution in [1.29, 1.82) is 5.26 Å². The highest BCUT2D eigenvalue weighted by Crippen LogP contribution is 2.22. The van der Waals surface area contributed by atoms with E-state index in [1.54, 1.807) is 6.07 Å². The minimum atomic E-state index is -0.672. The summed E-state index contributed by atoms with van der Waals surface area (Å²) < 4.78 is 18.8. The van der Waals surface area contributed by atoms with Crippen molar-refractivity contribution >= 4 is 11.6 Å². The Bertz CT molecular complexity index is 738. The summed E-state index contributed by atoms with van der Waals surface area (Å²) >= 11 is 0. The summed E-state index contributed by atoms with van der Waals surface area (Å²) in [4.78, 5) is 11.3. The van der Waals surface area contributed by atoms with Gasteiger partial charge in [0.1, 0.15) is 18.2 Å². The van der Waals surface area contributed by atoms with Crippen LogP contribution in [0.1, 0.15) is 21.5 Å². The van der Waals surface area contributed by atoms with Gasteiger partial charge in [0, 0.05) is 5.69 Å². The largest absolute Gasteiger partial charge is 0.488 e. The van der Waals surface area contributed by atoms with Crippen LogP contribution in [0.5, 0.6) is 5.75 Å². The molecule has 0 aromatic heterocycles. The first kappa shape index (κ1) is 14.3. The number of rotatable bonds is 4. The molecule has 2 rings (SSSR count). The highest BCUT2D eigenvalue weighted by molar-refractivity contribution is 5.96. The number of carbonyl (C=O) groups is 1. The Kier molecular flexibility index (Phi) is 4.05. The van der Waals surface area contributed by atoms with Gasteiger partial charge < -0.3 is 16.2 Å². The molecule has 6 heteroatoms. The zero-order chi connectivity index (χ0) is 15.4. The van der Waals surface area contributed by atoms with Crippen molar-refractivity contribution in [2.24, 2.45) is 5.73 Å². The van der Waals surface area contributed by atoms with E-state index in [0.29, 0.717) is 11.3 Å². The van der Waals surface area contributed by atoms with E-state index >= 15 is 0 Å². The van der Waals surface area contributed by atoms with Crippen molar-refractivity contribution in [3.8, 4) is 11.8 Å². The third-order valence-electron chi connectivity index (χ3n) is 2.75. The van der Waals surface area contributed by atoms with Gasteiger partial charge in [0.15, 0.2) is 0 Å². The number of nitrogens with two attached hydrogens (primary N) is 2. The van der Waals surface area contributed by atoms with E-state index in [1.165, 1.54) is 24.3 Å². The number of amides is 1. The maximum absolute atomic E-state index is 13.3. The number of hydrogen-bond donors (Lipinski definition) is 2. The van der Waals surface area contributed by atoms with Gasteiger partial charge in [-0.1, -0.05) is 0 Å². The molecule has 0 radical (unpaired) electrons. The molecule has 0 aliphatic heterocycles. The van der Waals surface area contributed by atoms with Crippen LogP contribution < -0.4 is 16.2 Å². The molecule has 0 fully saturated rings. The number of nitriles is 1. The van der Waals surface area contributed by atoms with Crippen LogP contribution in [0, 0.1) is 17.1 Å². The molecule has 1 amide bonds. The van der Waals surface area contributed by atoms with Crippen LogP contribution in [0.3, 0.4) is 0 Å². The first-order valence-electron chi connectivity index (χ1n) is 6.01. The Hall–Kier alpha value is -3.07. The lowest BCUT2D eigenvalue weighted by Crippen LogP contribution is -2.13. The van der Waals surface area contributed by atoms with Crippen LogP contribution in [0.4, 0.5) is 10.1 Å². The van der Waals surface area contributed by atoms with Crippen LogP contribution in [-0.4, -0.2) is 5.91 Å². The first-order valence-corrected chi connectivity index (χ1v) is 6.01. The highest BCUT2D eigenvalue weighted by Gasteiger charge is 2.10. The molecule has 0 heterocycles. The summed E-state index contributed by atoms with van der Waals surface area (Å²) in [7, 11) is 0. The molecule has 0 aliphatic rings. The van der Waals surface area contributed by atoms with Gasteiger partial charge in [0.05, 0.1) is 17.2 Å². The Morgan fingerprint density at radius 2 is 2.05 bits per heavy atom. The number of carbonyl (C=O) groups excluding carboxylic acids is 1. The minimum Gasteiger partial charge on any atom is -0.488 e. The summed E-state index contributed by atoms with van der Waals surface area (Å²) in [6, 6.07) is 10.2. The number of halogens is 1. The fraction of sp³-hybridized carbons (Fsp3) is 0.0667. The molecule has 0 saturated heterocycles. The molecule has 0 atom stereocenters. The van der Waals surface area contributed by atoms with Gasteiger partial charge in [-0.2, -0.15) is 5.26 Å². The Morgan fingerprint density at radius 1 is 1.29 bits per heavy atom. The van der Waals surface area contributed by atoms with E-state index < -0.39 is 11.7 Å². The topological polar surface area (TPSA) is 102 Å². The van der Waals surface area contributed by atoms with Crippen LogP contribution in [0.2, 0.25) is 0 Å². The Morgan fingerprint density at radius 3 is 2.71 bits per heavy atom. The predicted molar refractivity (Wildman–Crippen MR) is 74.8 cm³/mol. The van der Waals surface area contributed by atoms with Crippen molar-refractivity contribution in [3.63, 3.8) is 0 Å². The summed E-state index contributed by atoms with van der Waals surface area (Å²) in [6.07, 6.45) is 0. The van der Waals surface area contributed by atoms with Crippen molar-refractivity contribution < 1.29 is 13.9 Å². The standard InChI is InChI=1S/C15H12FN3O2/c16-11-4-9(7-17)3-10(5-11)8-21-14-2-1-12(18)6-13(14)15(19)20/h1-6H,8,18H2,(H2,19,20). The van der Waals surface area contributed by atoms with Crippen LogP contribution >= 0.6 is 0 Å². The Labute approximate surface area is 120 Å². The lowest BCUT2D eigenvalue weighted by molar-refractivity contribution is 0.0996. The number of hydrogen-bond acceptors (Lipinski definition) is 4. The summed E-state index contributed by atoms with van der Waals surface area (Å²) in [5.41, 5.74) is 12.0. The molecule has 2 aromatic rings. The minimum absolute atomic E-state index is 0.00334. The molecule has 0 bridgehead atoms. The van der Waals surface area contributed by atoms with Gasteiger partial charge in [-0.3, -0.25) is 4.79 Å². The van der Waals surface area contributed by atoms with Gasteiger partial charge >= 0.3 is 0 Å². The Balaban J connectivity index is 2.23. The molecule has 0 saturated carbocycles. The maximum atomic E-state index is 13.3. The van der Waals surface area contributed by atoms with Crippen molar-refractivity contribution in [2.45, 2.75) is 6.61 Å². The van der Waals surface area contributed by atoms with E-state index in [1.807, 2.05) is 6.07 Å². The quantitative estimate of drug-likeness (QED) is 0.838. The van der Waals surface area contributed by atoms with Crippen molar-refractivity contribution in [2.75, 3.05) is 5.73 Å². The number of nitrogens with zero attached hydrogens (tertiary/aromatic N) is 1. The lowest BCUT2D eigenvalue weighted by Gasteiger charge is -2.10. The van der Waals surface area contributed by atoms with Gasteiger partial charge in [-0.15, -0.1) is 0 Å². The van der Waals surface area contributed by atoms with E-state index in [2.05, 4.69) is 0 Å². The zero-order valence-electron chi connectivity index (χ0n) is 11.0. The molecular formula is C15H12FN3O2.